The molecule has 2 aromatic heterocycles. The Hall–Kier alpha value is -2.67. The quantitative estimate of drug-likeness (QED) is 0.694. The molecule has 1 aromatic carbocycles. The van der Waals surface area contributed by atoms with E-state index in [2.05, 4.69) is 20.0 Å². The first-order chi connectivity index (χ1) is 13.1. The molecule has 27 heavy (non-hydrogen) atoms. The van der Waals surface area contributed by atoms with Crippen LogP contribution in [-0.2, 0) is 4.79 Å². The molecule has 0 N–H and O–H groups in total. The van der Waals surface area contributed by atoms with Gasteiger partial charge in [-0.25, -0.2) is 14.6 Å². The van der Waals surface area contributed by atoms with Crippen LogP contribution in [0.4, 0.5) is 5.82 Å². The highest BCUT2D eigenvalue weighted by molar-refractivity contribution is 6.32. The maximum atomic E-state index is 11.9. The van der Waals surface area contributed by atoms with Crippen molar-refractivity contribution in [2.75, 3.05) is 31.1 Å². The molecule has 1 amide bonds. The summed E-state index contributed by atoms with van der Waals surface area (Å²) in [5.41, 5.74) is 1.52. The third-order valence-corrected chi connectivity index (χ3v) is 5.15. The zero-order chi connectivity index (χ0) is 19.0. The first-order valence-corrected chi connectivity index (χ1v) is 9.46. The normalized spacial score (nSPS) is 14.8. The highest BCUT2D eigenvalue weighted by Gasteiger charge is 2.24. The van der Waals surface area contributed by atoms with Crippen molar-refractivity contribution in [3.8, 4) is 5.69 Å². The number of para-hydroxylation sites is 1. The van der Waals surface area contributed by atoms with Crippen LogP contribution in [0.1, 0.15) is 19.2 Å². The highest BCUT2D eigenvalue weighted by Crippen LogP contribution is 2.28. The van der Waals surface area contributed by atoms with Crippen LogP contribution in [0.2, 0.25) is 5.02 Å². The molecule has 8 heteroatoms. The SMILES string of the molecule is CCC(=O)N1CCN(c2nc(C)nc3c2cnn3-c2ccccc2Cl)CC1. The number of piperazine rings is 1. The molecule has 1 saturated heterocycles. The Bertz CT molecular complexity index is 993. The van der Waals surface area contributed by atoms with Gasteiger partial charge in [-0.3, -0.25) is 4.79 Å². The number of halogens is 1. The van der Waals surface area contributed by atoms with Gasteiger partial charge in [0.05, 0.1) is 22.3 Å². The molecule has 1 aliphatic heterocycles. The Morgan fingerprint density at radius 1 is 1.15 bits per heavy atom. The van der Waals surface area contributed by atoms with Gasteiger partial charge in [0.1, 0.15) is 11.6 Å². The van der Waals surface area contributed by atoms with Gasteiger partial charge in [-0.15, -0.1) is 0 Å². The number of hydrogen-bond donors (Lipinski definition) is 0. The molecule has 1 fully saturated rings. The number of anilines is 1. The van der Waals surface area contributed by atoms with Crippen LogP contribution in [0.3, 0.4) is 0 Å². The van der Waals surface area contributed by atoms with E-state index in [9.17, 15) is 4.79 Å². The Labute approximate surface area is 162 Å². The molecule has 0 saturated carbocycles. The van der Waals surface area contributed by atoms with E-state index in [1.165, 1.54) is 0 Å². The smallest absolute Gasteiger partial charge is 0.222 e. The number of fused-ring (bicyclic) bond motifs is 1. The third-order valence-electron chi connectivity index (χ3n) is 4.84. The van der Waals surface area contributed by atoms with Gasteiger partial charge in [0.2, 0.25) is 5.91 Å². The number of benzene rings is 1. The number of carbonyl (C=O) groups excluding carboxylic acids is 1. The van der Waals surface area contributed by atoms with Crippen LogP contribution in [0, 0.1) is 6.92 Å². The molecule has 3 heterocycles. The van der Waals surface area contributed by atoms with Gasteiger partial charge in [-0.05, 0) is 19.1 Å². The predicted octanol–water partition coefficient (Wildman–Crippen LogP) is 2.84. The van der Waals surface area contributed by atoms with Crippen LogP contribution in [0.15, 0.2) is 30.5 Å². The lowest BCUT2D eigenvalue weighted by molar-refractivity contribution is -0.131. The second-order valence-electron chi connectivity index (χ2n) is 6.56. The molecule has 0 spiro atoms. The van der Waals surface area contributed by atoms with E-state index in [4.69, 9.17) is 11.6 Å². The molecule has 0 atom stereocenters. The van der Waals surface area contributed by atoms with Gasteiger partial charge < -0.3 is 9.80 Å². The zero-order valence-electron chi connectivity index (χ0n) is 15.4. The molecule has 0 radical (unpaired) electrons. The van der Waals surface area contributed by atoms with E-state index in [-0.39, 0.29) is 5.91 Å². The summed E-state index contributed by atoms with van der Waals surface area (Å²) < 4.78 is 1.76. The maximum Gasteiger partial charge on any atom is 0.222 e. The molecule has 1 aliphatic rings. The molecular formula is C19H21ClN6O. The Balaban J connectivity index is 1.71. The monoisotopic (exact) mass is 384 g/mol. The topological polar surface area (TPSA) is 67.2 Å². The summed E-state index contributed by atoms with van der Waals surface area (Å²) in [5, 5.41) is 6.02. The molecule has 140 valence electrons. The molecule has 0 bridgehead atoms. The molecule has 7 nitrogen and oxygen atoms in total. The van der Waals surface area contributed by atoms with Gasteiger partial charge in [0.15, 0.2) is 5.65 Å². The molecule has 4 rings (SSSR count). The largest absolute Gasteiger partial charge is 0.352 e. The van der Waals surface area contributed by atoms with E-state index < -0.39 is 0 Å². The average molecular weight is 385 g/mol. The van der Waals surface area contributed by atoms with E-state index in [0.29, 0.717) is 30.4 Å². The number of rotatable bonds is 3. The summed E-state index contributed by atoms with van der Waals surface area (Å²) in [4.78, 5) is 25.3. The Kier molecular flexibility index (Phi) is 4.70. The van der Waals surface area contributed by atoms with Gasteiger partial charge in [0.25, 0.3) is 0 Å². The van der Waals surface area contributed by atoms with E-state index in [0.717, 1.165) is 35.6 Å². The molecule has 0 aliphatic carbocycles. The lowest BCUT2D eigenvalue weighted by atomic mass is 10.2. The fourth-order valence-electron chi connectivity index (χ4n) is 3.43. The number of hydrogen-bond acceptors (Lipinski definition) is 5. The zero-order valence-corrected chi connectivity index (χ0v) is 16.1. The first kappa shape index (κ1) is 17.7. The van der Waals surface area contributed by atoms with Crippen molar-refractivity contribution in [1.29, 1.82) is 0 Å². The van der Waals surface area contributed by atoms with Crippen molar-refractivity contribution in [3.05, 3.63) is 41.3 Å². The summed E-state index contributed by atoms with van der Waals surface area (Å²) in [5.74, 6) is 1.74. The van der Waals surface area contributed by atoms with Crippen molar-refractivity contribution >= 4 is 34.4 Å². The number of aromatic nitrogens is 4. The van der Waals surface area contributed by atoms with Gasteiger partial charge in [-0.2, -0.15) is 5.10 Å². The minimum Gasteiger partial charge on any atom is -0.352 e. The van der Waals surface area contributed by atoms with Crippen molar-refractivity contribution in [1.82, 2.24) is 24.6 Å². The van der Waals surface area contributed by atoms with Crippen LogP contribution in [0.5, 0.6) is 0 Å². The van der Waals surface area contributed by atoms with Crippen LogP contribution in [-0.4, -0.2) is 56.7 Å². The van der Waals surface area contributed by atoms with Crippen molar-refractivity contribution in [3.63, 3.8) is 0 Å². The summed E-state index contributed by atoms with van der Waals surface area (Å²) in [6, 6.07) is 7.57. The summed E-state index contributed by atoms with van der Waals surface area (Å²) in [7, 11) is 0. The second kappa shape index (κ2) is 7.15. The third kappa shape index (κ3) is 3.23. The summed E-state index contributed by atoms with van der Waals surface area (Å²) >= 11 is 6.35. The van der Waals surface area contributed by atoms with Crippen molar-refractivity contribution < 1.29 is 4.79 Å². The molecule has 0 unspecified atom stereocenters. The number of aryl methyl sites for hydroxylation is 1. The van der Waals surface area contributed by atoms with E-state index in [1.807, 2.05) is 43.0 Å². The highest BCUT2D eigenvalue weighted by atomic mass is 35.5. The number of nitrogens with zero attached hydrogens (tertiary/aromatic N) is 6. The average Bonchev–Trinajstić information content (AvgIpc) is 3.10. The number of amides is 1. The van der Waals surface area contributed by atoms with Gasteiger partial charge in [0, 0.05) is 32.6 Å². The lowest BCUT2D eigenvalue weighted by Crippen LogP contribution is -2.49. The van der Waals surface area contributed by atoms with Crippen LogP contribution < -0.4 is 4.90 Å². The van der Waals surface area contributed by atoms with Crippen LogP contribution >= 0.6 is 11.6 Å². The first-order valence-electron chi connectivity index (χ1n) is 9.08. The summed E-state index contributed by atoms with van der Waals surface area (Å²) in [6.45, 7) is 6.67. The fraction of sp³-hybridized carbons (Fsp3) is 0.368. The molecule has 3 aromatic rings. The maximum absolute atomic E-state index is 11.9. The fourth-order valence-corrected chi connectivity index (χ4v) is 3.65. The minimum atomic E-state index is 0.199. The van der Waals surface area contributed by atoms with Crippen molar-refractivity contribution in [2.45, 2.75) is 20.3 Å². The lowest BCUT2D eigenvalue weighted by Gasteiger charge is -2.35. The second-order valence-corrected chi connectivity index (χ2v) is 6.97. The Morgan fingerprint density at radius 2 is 1.89 bits per heavy atom. The van der Waals surface area contributed by atoms with Crippen LogP contribution in [0.25, 0.3) is 16.7 Å². The van der Waals surface area contributed by atoms with Crippen molar-refractivity contribution in [2.24, 2.45) is 0 Å². The van der Waals surface area contributed by atoms with E-state index in [1.54, 1.807) is 10.9 Å². The van der Waals surface area contributed by atoms with E-state index >= 15 is 0 Å². The standard InChI is InChI=1S/C19H21ClN6O/c1-3-17(27)24-8-10-25(11-9-24)18-14-12-21-26(19(14)23-13(2)22-18)16-7-5-4-6-15(16)20/h4-7,12H,3,8-11H2,1-2H3. The molecular weight excluding hydrogens is 364 g/mol. The van der Waals surface area contributed by atoms with Gasteiger partial charge in [-0.1, -0.05) is 30.7 Å². The minimum absolute atomic E-state index is 0.199. The summed E-state index contributed by atoms with van der Waals surface area (Å²) in [6.07, 6.45) is 2.33. The Morgan fingerprint density at radius 3 is 2.59 bits per heavy atom. The predicted molar refractivity (Wildman–Crippen MR) is 105 cm³/mol. The van der Waals surface area contributed by atoms with Gasteiger partial charge >= 0.3 is 0 Å². The number of carbonyl (C=O) groups is 1.